The molecule has 0 aliphatic rings. The quantitative estimate of drug-likeness (QED) is 0.730. The van der Waals surface area contributed by atoms with Crippen LogP contribution in [0.3, 0.4) is 0 Å². The smallest absolute Gasteiger partial charge is 0.256 e. The van der Waals surface area contributed by atoms with E-state index in [1.54, 1.807) is 6.20 Å². The van der Waals surface area contributed by atoms with Gasteiger partial charge in [0.05, 0.1) is 12.9 Å². The molecule has 0 aromatic carbocycles. The number of halogens is 2. The predicted molar refractivity (Wildman–Crippen MR) is 41.0 cm³/mol. The topological polar surface area (TPSA) is 43.8 Å². The van der Waals surface area contributed by atoms with E-state index in [0.717, 1.165) is 5.69 Å². The summed E-state index contributed by atoms with van der Waals surface area (Å²) in [5, 5.41) is 0. The second-order valence-electron chi connectivity index (χ2n) is 2.47. The van der Waals surface area contributed by atoms with Gasteiger partial charge >= 0.3 is 0 Å². The summed E-state index contributed by atoms with van der Waals surface area (Å²) in [7, 11) is 0. The average Bonchev–Trinajstić information content (AvgIpc) is 2.37. The molecule has 1 heterocycles. The summed E-state index contributed by atoms with van der Waals surface area (Å²) in [6.45, 7) is 0.157. The van der Waals surface area contributed by atoms with E-state index >= 15 is 0 Å². The van der Waals surface area contributed by atoms with E-state index in [0.29, 0.717) is 13.0 Å². The molecule has 0 amide bonds. The van der Waals surface area contributed by atoms with Crippen LogP contribution in [0.2, 0.25) is 0 Å². The molecule has 0 saturated heterocycles. The Kier molecular flexibility index (Phi) is 3.16. The number of hydrogen-bond donors (Lipinski definition) is 1. The highest BCUT2D eigenvalue weighted by Crippen LogP contribution is 2.04. The molecule has 1 aromatic rings. The largest absolute Gasteiger partial charge is 0.330 e. The van der Waals surface area contributed by atoms with Crippen molar-refractivity contribution in [1.29, 1.82) is 0 Å². The number of imidazole rings is 1. The summed E-state index contributed by atoms with van der Waals surface area (Å²) in [6.07, 6.45) is 1.22. The molecule has 0 spiro atoms. The number of alkyl halides is 2. The van der Waals surface area contributed by atoms with Crippen LogP contribution in [0.25, 0.3) is 0 Å². The monoisotopic (exact) mass is 175 g/mol. The van der Waals surface area contributed by atoms with Crippen LogP contribution in [0, 0.1) is 0 Å². The van der Waals surface area contributed by atoms with Gasteiger partial charge in [0.15, 0.2) is 0 Å². The van der Waals surface area contributed by atoms with Gasteiger partial charge in [-0.15, -0.1) is 0 Å². The van der Waals surface area contributed by atoms with Crippen LogP contribution in [0.4, 0.5) is 8.78 Å². The molecule has 0 saturated carbocycles. The molecule has 0 atom stereocenters. The van der Waals surface area contributed by atoms with Crippen LogP contribution in [0.1, 0.15) is 5.69 Å². The van der Waals surface area contributed by atoms with E-state index < -0.39 is 6.43 Å². The second kappa shape index (κ2) is 4.15. The highest BCUT2D eigenvalue weighted by Gasteiger charge is 2.06. The third kappa shape index (κ3) is 2.27. The number of aromatic nitrogens is 2. The first-order valence-electron chi connectivity index (χ1n) is 3.71. The van der Waals surface area contributed by atoms with E-state index in [2.05, 4.69) is 4.98 Å². The van der Waals surface area contributed by atoms with Gasteiger partial charge in [-0.25, -0.2) is 13.8 Å². The molecule has 0 aliphatic carbocycles. The Morgan fingerprint density at radius 1 is 1.58 bits per heavy atom. The normalized spacial score (nSPS) is 11.0. The fraction of sp³-hybridized carbons (Fsp3) is 0.571. The number of hydrogen-bond acceptors (Lipinski definition) is 2. The SMILES string of the molecule is NCCc1cncn1CC(F)F. The molecule has 0 bridgehead atoms. The molecule has 0 radical (unpaired) electrons. The summed E-state index contributed by atoms with van der Waals surface area (Å²) < 4.78 is 25.3. The van der Waals surface area contributed by atoms with Crippen LogP contribution in [-0.4, -0.2) is 22.5 Å². The van der Waals surface area contributed by atoms with Crippen LogP contribution in [-0.2, 0) is 13.0 Å². The van der Waals surface area contributed by atoms with Crippen LogP contribution >= 0.6 is 0 Å². The third-order valence-electron chi connectivity index (χ3n) is 1.53. The molecule has 0 fully saturated rings. The average molecular weight is 175 g/mol. The zero-order chi connectivity index (χ0) is 8.97. The second-order valence-corrected chi connectivity index (χ2v) is 2.47. The number of nitrogens with two attached hydrogens (primary N) is 1. The summed E-state index contributed by atoms with van der Waals surface area (Å²) in [6, 6.07) is 0. The Morgan fingerprint density at radius 3 is 2.92 bits per heavy atom. The van der Waals surface area contributed by atoms with Gasteiger partial charge in [0.2, 0.25) is 0 Å². The third-order valence-corrected chi connectivity index (χ3v) is 1.53. The minimum atomic E-state index is -2.34. The van der Waals surface area contributed by atoms with Crippen LogP contribution in [0.15, 0.2) is 12.5 Å². The van der Waals surface area contributed by atoms with Gasteiger partial charge in [-0.05, 0) is 6.54 Å². The van der Waals surface area contributed by atoms with Crippen molar-refractivity contribution < 1.29 is 8.78 Å². The zero-order valence-electron chi connectivity index (χ0n) is 6.58. The van der Waals surface area contributed by atoms with Gasteiger partial charge in [-0.3, -0.25) is 0 Å². The Hall–Kier alpha value is -0.970. The van der Waals surface area contributed by atoms with E-state index in [9.17, 15) is 8.78 Å². The van der Waals surface area contributed by atoms with Crippen molar-refractivity contribution in [2.75, 3.05) is 6.54 Å². The molecular weight excluding hydrogens is 164 g/mol. The first kappa shape index (κ1) is 9.12. The first-order chi connectivity index (χ1) is 5.74. The van der Waals surface area contributed by atoms with Crippen molar-refractivity contribution in [2.24, 2.45) is 5.73 Å². The Balaban J connectivity index is 2.63. The van der Waals surface area contributed by atoms with Crippen molar-refractivity contribution in [3.05, 3.63) is 18.2 Å². The molecular formula is C7H11F2N3. The fourth-order valence-electron chi connectivity index (χ4n) is 1.02. The van der Waals surface area contributed by atoms with Gasteiger partial charge in [0, 0.05) is 18.3 Å². The maximum absolute atomic E-state index is 11.9. The minimum Gasteiger partial charge on any atom is -0.330 e. The van der Waals surface area contributed by atoms with Gasteiger partial charge in [0.1, 0.15) is 0 Å². The van der Waals surface area contributed by atoms with E-state index in [-0.39, 0.29) is 6.54 Å². The highest BCUT2D eigenvalue weighted by molar-refractivity contribution is 4.98. The molecule has 68 valence electrons. The Labute approximate surface area is 69.2 Å². The minimum absolute atomic E-state index is 0.296. The highest BCUT2D eigenvalue weighted by atomic mass is 19.3. The van der Waals surface area contributed by atoms with Crippen LogP contribution < -0.4 is 5.73 Å². The fourth-order valence-corrected chi connectivity index (χ4v) is 1.02. The number of rotatable bonds is 4. The summed E-state index contributed by atoms with van der Waals surface area (Å²) in [4.78, 5) is 3.77. The van der Waals surface area contributed by atoms with Gasteiger partial charge in [-0.1, -0.05) is 0 Å². The first-order valence-corrected chi connectivity index (χ1v) is 3.71. The maximum Gasteiger partial charge on any atom is 0.256 e. The predicted octanol–water partition coefficient (Wildman–Crippen LogP) is 0.649. The molecule has 2 N–H and O–H groups in total. The summed E-state index contributed by atoms with van der Waals surface area (Å²) in [5.41, 5.74) is 6.05. The molecule has 0 unspecified atom stereocenters. The molecule has 1 rings (SSSR count). The van der Waals surface area contributed by atoms with Crippen LogP contribution in [0.5, 0.6) is 0 Å². The van der Waals surface area contributed by atoms with Gasteiger partial charge in [-0.2, -0.15) is 0 Å². The lowest BCUT2D eigenvalue weighted by Crippen LogP contribution is -2.12. The lowest BCUT2D eigenvalue weighted by Gasteiger charge is -2.05. The van der Waals surface area contributed by atoms with Crippen molar-refractivity contribution in [3.8, 4) is 0 Å². The van der Waals surface area contributed by atoms with Gasteiger partial charge < -0.3 is 10.3 Å². The van der Waals surface area contributed by atoms with E-state index in [4.69, 9.17) is 5.73 Å². The van der Waals surface area contributed by atoms with Crippen molar-refractivity contribution in [3.63, 3.8) is 0 Å². The van der Waals surface area contributed by atoms with E-state index in [1.165, 1.54) is 10.9 Å². The standard InChI is InChI=1S/C7H11F2N3/c8-7(9)4-12-5-11-3-6(12)1-2-10/h3,5,7H,1-2,4,10H2. The van der Waals surface area contributed by atoms with E-state index in [1.807, 2.05) is 0 Å². The Bertz CT molecular complexity index is 234. The molecule has 1 aromatic heterocycles. The lowest BCUT2D eigenvalue weighted by molar-refractivity contribution is 0.125. The summed E-state index contributed by atoms with van der Waals surface area (Å²) in [5.74, 6) is 0. The lowest BCUT2D eigenvalue weighted by atomic mass is 10.3. The number of nitrogens with zero attached hydrogens (tertiary/aromatic N) is 2. The zero-order valence-corrected chi connectivity index (χ0v) is 6.58. The molecule has 5 heteroatoms. The maximum atomic E-state index is 11.9. The molecule has 0 aliphatic heterocycles. The van der Waals surface area contributed by atoms with Crippen molar-refractivity contribution in [1.82, 2.24) is 9.55 Å². The molecule has 3 nitrogen and oxygen atoms in total. The van der Waals surface area contributed by atoms with Gasteiger partial charge in [0.25, 0.3) is 6.43 Å². The Morgan fingerprint density at radius 2 is 2.33 bits per heavy atom. The van der Waals surface area contributed by atoms with Crippen molar-refractivity contribution in [2.45, 2.75) is 19.4 Å². The molecule has 12 heavy (non-hydrogen) atoms. The summed E-state index contributed by atoms with van der Waals surface area (Å²) >= 11 is 0. The van der Waals surface area contributed by atoms with Crippen molar-refractivity contribution >= 4 is 0 Å².